The molecule has 0 radical (unpaired) electrons. The van der Waals surface area contributed by atoms with Crippen molar-refractivity contribution in [1.29, 1.82) is 0 Å². The van der Waals surface area contributed by atoms with Gasteiger partial charge in [-0.1, -0.05) is 0 Å². The smallest absolute Gasteiger partial charge is 0.312 e. The Morgan fingerprint density at radius 3 is 2.45 bits per heavy atom. The van der Waals surface area contributed by atoms with Gasteiger partial charge < -0.3 is 4.74 Å². The van der Waals surface area contributed by atoms with Crippen LogP contribution >= 0.6 is 0 Å². The van der Waals surface area contributed by atoms with Gasteiger partial charge in [0.05, 0.1) is 12.5 Å². The molecule has 0 bridgehead atoms. The van der Waals surface area contributed by atoms with E-state index in [4.69, 9.17) is 5.84 Å². The van der Waals surface area contributed by atoms with E-state index >= 15 is 0 Å². The summed E-state index contributed by atoms with van der Waals surface area (Å²) in [6, 6.07) is 0. The van der Waals surface area contributed by atoms with Crippen LogP contribution in [-0.2, 0) is 9.53 Å². The van der Waals surface area contributed by atoms with Crippen LogP contribution in [0.1, 0.15) is 13.8 Å². The number of carbonyl (C=O) groups excluding carboxylic acids is 1. The first-order valence-electron chi connectivity index (χ1n) is 3.51. The van der Waals surface area contributed by atoms with Gasteiger partial charge in [0, 0.05) is 15.9 Å². The van der Waals surface area contributed by atoms with E-state index in [9.17, 15) is 4.79 Å². The third-order valence-corrected chi connectivity index (χ3v) is 3.82. The molecule has 0 saturated carbocycles. The van der Waals surface area contributed by atoms with Crippen LogP contribution < -0.4 is 11.3 Å². The number of nitrogens with two attached hydrogens (primary N) is 1. The predicted octanol–water partition coefficient (Wildman–Crippen LogP) is -1.66. The van der Waals surface area contributed by atoms with Crippen molar-refractivity contribution in [3.63, 3.8) is 0 Å². The number of esters is 1. The molecule has 1 atom stereocenters. The summed E-state index contributed by atoms with van der Waals surface area (Å²) in [6.45, 7) is 3.63. The second-order valence-corrected chi connectivity index (χ2v) is 4.26. The van der Waals surface area contributed by atoms with Crippen molar-refractivity contribution >= 4 is 16.2 Å². The quantitative estimate of drug-likeness (QED) is 0.234. The standard InChI is InChI=1S/C6H16N2O2Si/c1-6(2,4(11)8-7)5(9)10-3/h4,8H,7H2,1-3,11H3. The van der Waals surface area contributed by atoms with Crippen LogP contribution in [0, 0.1) is 5.41 Å². The molecule has 0 heterocycles. The lowest BCUT2D eigenvalue weighted by Gasteiger charge is -2.27. The van der Waals surface area contributed by atoms with Gasteiger partial charge in [0.1, 0.15) is 0 Å². The monoisotopic (exact) mass is 176 g/mol. The molecule has 0 rings (SSSR count). The third kappa shape index (κ3) is 2.28. The lowest BCUT2D eigenvalue weighted by Crippen LogP contribution is -2.50. The zero-order valence-electron chi connectivity index (χ0n) is 7.47. The molecule has 0 saturated heterocycles. The molecule has 0 fully saturated rings. The van der Waals surface area contributed by atoms with Crippen LogP contribution in [0.15, 0.2) is 0 Å². The Labute approximate surface area is 69.9 Å². The fourth-order valence-corrected chi connectivity index (χ4v) is 0.884. The van der Waals surface area contributed by atoms with Gasteiger partial charge in [0.2, 0.25) is 0 Å². The molecule has 3 N–H and O–H groups in total. The number of ether oxygens (including phenoxy) is 1. The van der Waals surface area contributed by atoms with Crippen LogP contribution in [0.5, 0.6) is 0 Å². The lowest BCUT2D eigenvalue weighted by atomic mass is 9.93. The molecule has 0 aliphatic rings. The molecule has 66 valence electrons. The summed E-state index contributed by atoms with van der Waals surface area (Å²) in [6.07, 6.45) is 0. The van der Waals surface area contributed by atoms with Crippen LogP contribution in [0.4, 0.5) is 0 Å². The first-order chi connectivity index (χ1) is 4.96. The number of hydrazine groups is 1. The summed E-state index contributed by atoms with van der Waals surface area (Å²) in [7, 11) is 2.20. The maximum Gasteiger partial charge on any atom is 0.312 e. The third-order valence-electron chi connectivity index (χ3n) is 2.04. The van der Waals surface area contributed by atoms with Crippen molar-refractivity contribution in [2.45, 2.75) is 19.5 Å². The van der Waals surface area contributed by atoms with Crippen molar-refractivity contribution < 1.29 is 9.53 Å². The SMILES string of the molecule is COC(=O)C(C)(C)C([SiH3])NN. The van der Waals surface area contributed by atoms with Gasteiger partial charge in [0.15, 0.2) is 0 Å². The van der Waals surface area contributed by atoms with E-state index in [-0.39, 0.29) is 11.6 Å². The molecule has 5 heteroatoms. The minimum absolute atomic E-state index is 0.0370. The Balaban J connectivity index is 4.31. The number of hydrogen-bond acceptors (Lipinski definition) is 4. The molecule has 11 heavy (non-hydrogen) atoms. The average Bonchev–Trinajstić information content (AvgIpc) is 2.01. The van der Waals surface area contributed by atoms with Crippen molar-refractivity contribution in [1.82, 2.24) is 5.43 Å². The van der Waals surface area contributed by atoms with Crippen LogP contribution in [0.25, 0.3) is 0 Å². The van der Waals surface area contributed by atoms with Crippen molar-refractivity contribution in [3.05, 3.63) is 0 Å². The Hall–Kier alpha value is -0.393. The molecule has 0 aliphatic carbocycles. The minimum Gasteiger partial charge on any atom is -0.469 e. The Morgan fingerprint density at radius 1 is 1.73 bits per heavy atom. The van der Waals surface area contributed by atoms with Gasteiger partial charge >= 0.3 is 5.97 Å². The van der Waals surface area contributed by atoms with E-state index in [1.807, 2.05) is 13.8 Å². The van der Waals surface area contributed by atoms with Crippen molar-refractivity contribution in [3.8, 4) is 0 Å². The number of rotatable bonds is 3. The molecular formula is C6H16N2O2Si. The van der Waals surface area contributed by atoms with Gasteiger partial charge in [0.25, 0.3) is 0 Å². The summed E-state index contributed by atoms with van der Waals surface area (Å²) in [4.78, 5) is 11.1. The van der Waals surface area contributed by atoms with Gasteiger partial charge in [-0.05, 0) is 13.8 Å². The lowest BCUT2D eigenvalue weighted by molar-refractivity contribution is -0.151. The highest BCUT2D eigenvalue weighted by atomic mass is 28.1. The Bertz CT molecular complexity index is 150. The highest BCUT2D eigenvalue weighted by molar-refractivity contribution is 6.14. The normalized spacial score (nSPS) is 14.5. The Morgan fingerprint density at radius 2 is 2.18 bits per heavy atom. The summed E-state index contributed by atoms with van der Waals surface area (Å²) >= 11 is 0. The summed E-state index contributed by atoms with van der Waals surface area (Å²) in [5.74, 6) is 5.00. The summed E-state index contributed by atoms with van der Waals surface area (Å²) < 4.78 is 4.63. The molecule has 0 aromatic carbocycles. The molecule has 0 spiro atoms. The molecule has 4 nitrogen and oxygen atoms in total. The second-order valence-electron chi connectivity index (χ2n) is 3.10. The summed E-state index contributed by atoms with van der Waals surface area (Å²) in [5.41, 5.74) is 2.10. The van der Waals surface area contributed by atoms with Crippen molar-refractivity contribution in [2.24, 2.45) is 11.3 Å². The number of nitrogens with one attached hydrogen (secondary N) is 1. The van der Waals surface area contributed by atoms with E-state index in [2.05, 4.69) is 10.2 Å². The second kappa shape index (κ2) is 3.84. The zero-order chi connectivity index (χ0) is 9.07. The van der Waals surface area contributed by atoms with Gasteiger partial charge in [-0.3, -0.25) is 16.1 Å². The van der Waals surface area contributed by atoms with Crippen LogP contribution in [-0.4, -0.2) is 29.0 Å². The van der Waals surface area contributed by atoms with E-state index < -0.39 is 5.41 Å². The highest BCUT2D eigenvalue weighted by Gasteiger charge is 2.34. The van der Waals surface area contributed by atoms with Gasteiger partial charge in [-0.2, -0.15) is 0 Å². The maximum atomic E-state index is 11.1. The first kappa shape index (κ1) is 10.6. The fraction of sp³-hybridized carbons (Fsp3) is 0.833. The summed E-state index contributed by atoms with van der Waals surface area (Å²) in [5, 5.41) is 0. The molecule has 0 aromatic rings. The largest absolute Gasteiger partial charge is 0.469 e. The van der Waals surface area contributed by atoms with Gasteiger partial charge in [-0.25, -0.2) is 0 Å². The maximum absolute atomic E-state index is 11.1. The van der Waals surface area contributed by atoms with Crippen LogP contribution in [0.3, 0.4) is 0 Å². The number of hydrogen-bond donors (Lipinski definition) is 2. The van der Waals surface area contributed by atoms with Crippen LogP contribution in [0.2, 0.25) is 0 Å². The highest BCUT2D eigenvalue weighted by Crippen LogP contribution is 2.19. The van der Waals surface area contributed by atoms with E-state index in [1.165, 1.54) is 7.11 Å². The predicted molar refractivity (Wildman–Crippen MR) is 46.8 cm³/mol. The first-order valence-corrected chi connectivity index (χ1v) is 4.66. The van der Waals surface area contributed by atoms with E-state index in [0.717, 1.165) is 10.2 Å². The Kier molecular flexibility index (Phi) is 3.71. The van der Waals surface area contributed by atoms with E-state index in [1.54, 1.807) is 0 Å². The molecule has 1 unspecified atom stereocenters. The molecule has 0 aromatic heterocycles. The fourth-order valence-electron chi connectivity index (χ4n) is 0.648. The molecular weight excluding hydrogens is 160 g/mol. The minimum atomic E-state index is -0.518. The van der Waals surface area contributed by atoms with E-state index in [0.29, 0.717) is 0 Å². The van der Waals surface area contributed by atoms with Gasteiger partial charge in [-0.15, -0.1) is 0 Å². The molecule has 0 aliphatic heterocycles. The van der Waals surface area contributed by atoms with Crippen molar-refractivity contribution in [2.75, 3.05) is 7.11 Å². The average molecular weight is 176 g/mol. The number of carbonyl (C=O) groups is 1. The molecule has 0 amide bonds. The zero-order valence-corrected chi connectivity index (χ0v) is 9.47. The topological polar surface area (TPSA) is 64.3 Å². The number of methoxy groups -OCH3 is 1.